The average molecular weight is 158 g/mol. The van der Waals surface area contributed by atoms with Crippen LogP contribution in [0.25, 0.3) is 0 Å². The van der Waals surface area contributed by atoms with E-state index < -0.39 is 0 Å². The molecule has 0 radical (unpaired) electrons. The van der Waals surface area contributed by atoms with Crippen LogP contribution in [0.4, 0.5) is 0 Å². The Morgan fingerprint density at radius 3 is 2.36 bits per heavy atom. The van der Waals surface area contributed by atoms with Crippen LogP contribution in [0.5, 0.6) is 0 Å². The van der Waals surface area contributed by atoms with Gasteiger partial charge in [-0.25, -0.2) is 0 Å². The Morgan fingerprint density at radius 1 is 1.36 bits per heavy atom. The van der Waals surface area contributed by atoms with Crippen LogP contribution in [-0.2, 0) is 4.79 Å². The van der Waals surface area contributed by atoms with Crippen molar-refractivity contribution < 1.29 is 4.79 Å². The number of hydrogen-bond donors (Lipinski definition) is 2. The zero-order valence-electron chi connectivity index (χ0n) is 7.55. The molecule has 0 heterocycles. The van der Waals surface area contributed by atoms with Crippen molar-refractivity contribution in [1.29, 1.82) is 0 Å². The Morgan fingerprint density at radius 2 is 2.00 bits per heavy atom. The second-order valence-electron chi connectivity index (χ2n) is 2.96. The van der Waals surface area contributed by atoms with Crippen molar-refractivity contribution in [3.8, 4) is 0 Å². The molecule has 0 bridgehead atoms. The maximum absolute atomic E-state index is 10.5. The van der Waals surface area contributed by atoms with E-state index in [-0.39, 0.29) is 6.04 Å². The van der Waals surface area contributed by atoms with Gasteiger partial charge >= 0.3 is 0 Å². The van der Waals surface area contributed by atoms with Gasteiger partial charge in [-0.1, -0.05) is 13.8 Å². The van der Waals surface area contributed by atoms with E-state index in [4.69, 9.17) is 0 Å². The van der Waals surface area contributed by atoms with Gasteiger partial charge in [0, 0.05) is 13.1 Å². The molecule has 3 heteroatoms. The largest absolute Gasteiger partial charge is 0.318 e. The van der Waals surface area contributed by atoms with Crippen molar-refractivity contribution in [2.24, 2.45) is 5.92 Å². The smallest absolute Gasteiger partial charge is 0.137 e. The molecule has 0 spiro atoms. The summed E-state index contributed by atoms with van der Waals surface area (Å²) in [6.07, 6.45) is 0.973. The fourth-order valence-electron chi connectivity index (χ4n) is 0.805. The lowest BCUT2D eigenvalue weighted by Crippen LogP contribution is -2.38. The standard InChI is InChI=1S/C8H18N2O/c1-7(2)8(6-11)10-5-4-9-3/h6-10H,4-5H2,1-3H3. The van der Waals surface area contributed by atoms with Gasteiger partial charge in [-0.05, 0) is 13.0 Å². The highest BCUT2D eigenvalue weighted by Gasteiger charge is 2.09. The van der Waals surface area contributed by atoms with E-state index in [1.165, 1.54) is 0 Å². The van der Waals surface area contributed by atoms with Gasteiger partial charge < -0.3 is 15.4 Å². The fraction of sp³-hybridized carbons (Fsp3) is 0.875. The number of hydrogen-bond acceptors (Lipinski definition) is 3. The van der Waals surface area contributed by atoms with E-state index in [0.717, 1.165) is 19.4 Å². The van der Waals surface area contributed by atoms with Gasteiger partial charge in [0.25, 0.3) is 0 Å². The van der Waals surface area contributed by atoms with Crippen molar-refractivity contribution in [3.63, 3.8) is 0 Å². The predicted octanol–water partition coefficient (Wildman–Crippen LogP) is 0.0189. The molecule has 0 aliphatic rings. The first-order valence-corrected chi connectivity index (χ1v) is 4.05. The van der Waals surface area contributed by atoms with Crippen LogP contribution in [0.15, 0.2) is 0 Å². The molecule has 0 aromatic rings. The molecule has 0 fully saturated rings. The summed E-state index contributed by atoms with van der Waals surface area (Å²) in [6.45, 7) is 5.81. The van der Waals surface area contributed by atoms with E-state index >= 15 is 0 Å². The highest BCUT2D eigenvalue weighted by Crippen LogP contribution is 1.96. The quantitative estimate of drug-likeness (QED) is 0.423. The summed E-state index contributed by atoms with van der Waals surface area (Å²) in [5.74, 6) is 0.379. The summed E-state index contributed by atoms with van der Waals surface area (Å²) < 4.78 is 0. The van der Waals surface area contributed by atoms with Crippen LogP contribution in [0.1, 0.15) is 13.8 Å². The van der Waals surface area contributed by atoms with Gasteiger partial charge in [0.1, 0.15) is 6.29 Å². The lowest BCUT2D eigenvalue weighted by molar-refractivity contribution is -0.110. The fourth-order valence-corrected chi connectivity index (χ4v) is 0.805. The van der Waals surface area contributed by atoms with E-state index in [1.807, 2.05) is 20.9 Å². The minimum Gasteiger partial charge on any atom is -0.318 e. The number of likely N-dealkylation sites (N-methyl/N-ethyl adjacent to an activating group) is 1. The third-order valence-corrected chi connectivity index (χ3v) is 1.62. The Labute approximate surface area is 68.6 Å². The Balaban J connectivity index is 3.44. The molecule has 0 amide bonds. The SMILES string of the molecule is CNCCNC(C=O)C(C)C. The third-order valence-electron chi connectivity index (χ3n) is 1.62. The topological polar surface area (TPSA) is 41.1 Å². The number of carbonyl (C=O) groups excluding carboxylic acids is 1. The third kappa shape index (κ3) is 4.93. The van der Waals surface area contributed by atoms with Crippen LogP contribution >= 0.6 is 0 Å². The summed E-state index contributed by atoms with van der Waals surface area (Å²) >= 11 is 0. The molecular formula is C8H18N2O. The lowest BCUT2D eigenvalue weighted by Gasteiger charge is -2.15. The summed E-state index contributed by atoms with van der Waals surface area (Å²) in [6, 6.07) is 0.00310. The van der Waals surface area contributed by atoms with Crippen LogP contribution in [0, 0.1) is 5.92 Å². The van der Waals surface area contributed by atoms with Crippen molar-refractivity contribution in [2.45, 2.75) is 19.9 Å². The Kier molecular flexibility index (Phi) is 6.07. The van der Waals surface area contributed by atoms with Gasteiger partial charge in [-0.15, -0.1) is 0 Å². The van der Waals surface area contributed by atoms with E-state index in [2.05, 4.69) is 10.6 Å². The van der Waals surface area contributed by atoms with Crippen molar-refractivity contribution in [2.75, 3.05) is 20.1 Å². The molecule has 66 valence electrons. The van der Waals surface area contributed by atoms with Crippen molar-refractivity contribution >= 4 is 6.29 Å². The number of rotatable bonds is 6. The maximum Gasteiger partial charge on any atom is 0.137 e. The first kappa shape index (κ1) is 10.6. The molecule has 0 saturated carbocycles. The van der Waals surface area contributed by atoms with Gasteiger partial charge in [0.05, 0.1) is 6.04 Å². The summed E-state index contributed by atoms with van der Waals surface area (Å²) in [7, 11) is 1.90. The molecule has 2 N–H and O–H groups in total. The monoisotopic (exact) mass is 158 g/mol. The van der Waals surface area contributed by atoms with E-state index in [1.54, 1.807) is 0 Å². The molecule has 0 saturated heterocycles. The van der Waals surface area contributed by atoms with E-state index in [0.29, 0.717) is 5.92 Å². The second kappa shape index (κ2) is 6.31. The molecule has 0 aliphatic heterocycles. The van der Waals surface area contributed by atoms with Gasteiger partial charge in [-0.2, -0.15) is 0 Å². The zero-order valence-corrected chi connectivity index (χ0v) is 7.55. The first-order valence-electron chi connectivity index (χ1n) is 4.05. The molecule has 1 unspecified atom stereocenters. The summed E-state index contributed by atoms with van der Waals surface area (Å²) in [4.78, 5) is 10.5. The molecule has 3 nitrogen and oxygen atoms in total. The second-order valence-corrected chi connectivity index (χ2v) is 2.96. The molecule has 0 aromatic carbocycles. The number of carbonyl (C=O) groups is 1. The Bertz CT molecular complexity index is 104. The molecule has 11 heavy (non-hydrogen) atoms. The van der Waals surface area contributed by atoms with Crippen LogP contribution in [0.2, 0.25) is 0 Å². The molecule has 0 aliphatic carbocycles. The van der Waals surface area contributed by atoms with Crippen LogP contribution in [0.3, 0.4) is 0 Å². The molecule has 0 rings (SSSR count). The molecule has 0 aromatic heterocycles. The summed E-state index contributed by atoms with van der Waals surface area (Å²) in [5, 5.41) is 6.15. The normalized spacial score (nSPS) is 13.5. The van der Waals surface area contributed by atoms with Crippen LogP contribution < -0.4 is 10.6 Å². The van der Waals surface area contributed by atoms with Gasteiger partial charge in [-0.3, -0.25) is 0 Å². The lowest BCUT2D eigenvalue weighted by atomic mass is 10.1. The minimum atomic E-state index is 0.00310. The summed E-state index contributed by atoms with van der Waals surface area (Å²) in [5.41, 5.74) is 0. The first-order chi connectivity index (χ1) is 5.22. The average Bonchev–Trinajstić information content (AvgIpc) is 1.97. The van der Waals surface area contributed by atoms with Crippen molar-refractivity contribution in [1.82, 2.24) is 10.6 Å². The predicted molar refractivity (Wildman–Crippen MR) is 46.6 cm³/mol. The van der Waals surface area contributed by atoms with Crippen molar-refractivity contribution in [3.05, 3.63) is 0 Å². The minimum absolute atomic E-state index is 0.00310. The molecule has 1 atom stereocenters. The van der Waals surface area contributed by atoms with E-state index in [9.17, 15) is 4.79 Å². The maximum atomic E-state index is 10.5. The highest BCUT2D eigenvalue weighted by atomic mass is 16.1. The van der Waals surface area contributed by atoms with Crippen LogP contribution in [-0.4, -0.2) is 32.5 Å². The van der Waals surface area contributed by atoms with Gasteiger partial charge in [0.15, 0.2) is 0 Å². The highest BCUT2D eigenvalue weighted by molar-refractivity contribution is 5.57. The number of nitrogens with one attached hydrogen (secondary N) is 2. The van der Waals surface area contributed by atoms with Gasteiger partial charge in [0.2, 0.25) is 0 Å². The molecular weight excluding hydrogens is 140 g/mol. The number of aldehydes is 1. The Hall–Kier alpha value is -0.410. The zero-order chi connectivity index (χ0) is 8.69.